The molecule has 0 aliphatic carbocycles. The second kappa shape index (κ2) is 5.75. The SMILES string of the molecule is [2H]C([2H])([2H])CC(=O)c1cnc(Nc2cncc(C)n2)cc1Cl. The number of pyridine rings is 1. The van der Waals surface area contributed by atoms with Crippen LogP contribution in [0.5, 0.6) is 0 Å². The lowest BCUT2D eigenvalue weighted by Gasteiger charge is -2.07. The number of Topliss-reactive ketones (excluding diaryl/α,β-unsaturated/α-hetero) is 1. The van der Waals surface area contributed by atoms with E-state index in [2.05, 4.69) is 20.3 Å². The smallest absolute Gasteiger partial charge is 0.165 e. The van der Waals surface area contributed by atoms with Gasteiger partial charge in [-0.2, -0.15) is 0 Å². The van der Waals surface area contributed by atoms with Crippen molar-refractivity contribution in [1.29, 1.82) is 0 Å². The Morgan fingerprint density at radius 2 is 2.26 bits per heavy atom. The standard InChI is InChI=1S/C13H13ClN4O/c1-3-11(19)9-6-16-12(4-10(9)14)18-13-7-15-5-8(2)17-13/h4-7H,3H2,1-2H3,(H,16,17,18)/i1D3. The van der Waals surface area contributed by atoms with Crippen molar-refractivity contribution in [2.45, 2.75) is 20.2 Å². The van der Waals surface area contributed by atoms with Crippen LogP contribution in [0, 0.1) is 6.92 Å². The van der Waals surface area contributed by atoms with Crippen LogP contribution >= 0.6 is 11.6 Å². The number of ketones is 1. The molecule has 2 rings (SSSR count). The number of anilines is 2. The number of aryl methyl sites for hydroxylation is 1. The van der Waals surface area contributed by atoms with Crippen LogP contribution in [-0.2, 0) is 0 Å². The Balaban J connectivity index is 2.17. The highest BCUT2D eigenvalue weighted by atomic mass is 35.5. The fourth-order valence-corrected chi connectivity index (χ4v) is 1.71. The van der Waals surface area contributed by atoms with E-state index in [4.69, 9.17) is 15.7 Å². The fourth-order valence-electron chi connectivity index (χ4n) is 1.45. The zero-order valence-electron chi connectivity index (χ0n) is 13.1. The van der Waals surface area contributed by atoms with Crippen LogP contribution in [0.3, 0.4) is 0 Å². The second-order valence-electron chi connectivity index (χ2n) is 3.82. The lowest BCUT2D eigenvalue weighted by Crippen LogP contribution is -2.02. The van der Waals surface area contributed by atoms with E-state index in [0.29, 0.717) is 11.6 Å². The van der Waals surface area contributed by atoms with Crippen molar-refractivity contribution in [3.05, 3.63) is 40.9 Å². The summed E-state index contributed by atoms with van der Waals surface area (Å²) in [6, 6.07) is 1.44. The van der Waals surface area contributed by atoms with Crippen LogP contribution in [0.15, 0.2) is 24.7 Å². The molecule has 2 heterocycles. The molecule has 0 saturated heterocycles. The highest BCUT2D eigenvalue weighted by Gasteiger charge is 2.10. The van der Waals surface area contributed by atoms with Gasteiger partial charge in [-0.25, -0.2) is 9.97 Å². The van der Waals surface area contributed by atoms with Gasteiger partial charge in [0.1, 0.15) is 11.6 Å². The fraction of sp³-hybridized carbons (Fsp3) is 0.231. The monoisotopic (exact) mass is 279 g/mol. The molecule has 0 spiro atoms. The van der Waals surface area contributed by atoms with Crippen molar-refractivity contribution in [3.8, 4) is 0 Å². The summed E-state index contributed by atoms with van der Waals surface area (Å²) >= 11 is 6.03. The third kappa shape index (κ3) is 3.26. The maximum atomic E-state index is 11.9. The predicted octanol–water partition coefficient (Wildman–Crippen LogP) is 3.17. The second-order valence-corrected chi connectivity index (χ2v) is 4.23. The Morgan fingerprint density at radius 1 is 1.42 bits per heavy atom. The molecule has 5 nitrogen and oxygen atoms in total. The summed E-state index contributed by atoms with van der Waals surface area (Å²) in [4.78, 5) is 24.1. The Labute approximate surface area is 120 Å². The first-order valence-corrected chi connectivity index (χ1v) is 5.87. The van der Waals surface area contributed by atoms with Gasteiger partial charge in [0.25, 0.3) is 0 Å². The summed E-state index contributed by atoms with van der Waals surface area (Å²) in [6.07, 6.45) is 3.81. The molecule has 0 fully saturated rings. The van der Waals surface area contributed by atoms with Gasteiger partial charge < -0.3 is 5.32 Å². The van der Waals surface area contributed by atoms with Crippen LogP contribution in [0.2, 0.25) is 5.02 Å². The summed E-state index contributed by atoms with van der Waals surface area (Å²) in [7, 11) is 0. The number of nitrogens with one attached hydrogen (secondary N) is 1. The van der Waals surface area contributed by atoms with E-state index in [-0.39, 0.29) is 10.6 Å². The molecule has 2 aromatic heterocycles. The van der Waals surface area contributed by atoms with Gasteiger partial charge in [0.2, 0.25) is 0 Å². The Morgan fingerprint density at radius 3 is 2.95 bits per heavy atom. The molecule has 2 aromatic rings. The first-order chi connectivity index (χ1) is 10.2. The summed E-state index contributed by atoms with van der Waals surface area (Å²) in [5.74, 6) is 0.305. The van der Waals surface area contributed by atoms with Crippen molar-refractivity contribution in [2.75, 3.05) is 5.32 Å². The van der Waals surface area contributed by atoms with Gasteiger partial charge in [-0.3, -0.25) is 9.78 Å². The van der Waals surface area contributed by atoms with E-state index < -0.39 is 19.1 Å². The van der Waals surface area contributed by atoms with Crippen molar-refractivity contribution < 1.29 is 8.91 Å². The molecule has 1 N–H and O–H groups in total. The molecule has 0 aliphatic rings. The molecule has 0 bridgehead atoms. The van der Waals surface area contributed by atoms with Crippen molar-refractivity contribution in [2.24, 2.45) is 0 Å². The number of aromatic nitrogens is 3. The predicted molar refractivity (Wildman–Crippen MR) is 73.9 cm³/mol. The van der Waals surface area contributed by atoms with Gasteiger partial charge in [-0.05, 0) is 6.92 Å². The number of carbonyl (C=O) groups is 1. The number of carbonyl (C=O) groups excluding carboxylic acids is 1. The lowest BCUT2D eigenvalue weighted by molar-refractivity contribution is 0.0988. The number of rotatable bonds is 4. The topological polar surface area (TPSA) is 67.8 Å². The largest absolute Gasteiger partial charge is 0.324 e. The number of nitrogens with zero attached hydrogens (tertiary/aromatic N) is 3. The molecule has 0 atom stereocenters. The Kier molecular flexibility index (Phi) is 2.99. The zero-order chi connectivity index (χ0) is 16.3. The van der Waals surface area contributed by atoms with Crippen molar-refractivity contribution >= 4 is 29.0 Å². The quantitative estimate of drug-likeness (QED) is 0.871. The third-order valence-electron chi connectivity index (χ3n) is 2.33. The highest BCUT2D eigenvalue weighted by Crippen LogP contribution is 2.21. The maximum absolute atomic E-state index is 11.9. The zero-order valence-corrected chi connectivity index (χ0v) is 10.9. The van der Waals surface area contributed by atoms with Crippen LogP contribution in [-0.4, -0.2) is 20.7 Å². The first-order valence-electron chi connectivity index (χ1n) is 6.99. The van der Waals surface area contributed by atoms with E-state index in [1.54, 1.807) is 13.1 Å². The highest BCUT2D eigenvalue weighted by molar-refractivity contribution is 6.34. The summed E-state index contributed by atoms with van der Waals surface area (Å²) in [5.41, 5.74) is 0.819. The van der Waals surface area contributed by atoms with Gasteiger partial charge in [0.15, 0.2) is 5.78 Å². The van der Waals surface area contributed by atoms with Crippen LogP contribution in [0.4, 0.5) is 11.6 Å². The summed E-state index contributed by atoms with van der Waals surface area (Å²) in [5, 5.41) is 3.04. The first kappa shape index (κ1) is 9.86. The van der Waals surface area contributed by atoms with Crippen LogP contribution in [0.25, 0.3) is 0 Å². The lowest BCUT2D eigenvalue weighted by atomic mass is 10.1. The average molecular weight is 280 g/mol. The van der Waals surface area contributed by atoms with Crippen molar-refractivity contribution in [1.82, 2.24) is 15.0 Å². The molecule has 0 radical (unpaired) electrons. The summed E-state index contributed by atoms with van der Waals surface area (Å²) in [6.45, 7) is -0.538. The Bertz CT molecular complexity index is 706. The number of hydrogen-bond acceptors (Lipinski definition) is 5. The molecule has 19 heavy (non-hydrogen) atoms. The molecule has 0 aliphatic heterocycles. The maximum Gasteiger partial charge on any atom is 0.165 e. The number of hydrogen-bond donors (Lipinski definition) is 1. The average Bonchev–Trinajstić information content (AvgIpc) is 2.36. The normalized spacial score (nSPS) is 13.3. The molecule has 0 unspecified atom stereocenters. The third-order valence-corrected chi connectivity index (χ3v) is 2.64. The van der Waals surface area contributed by atoms with E-state index in [9.17, 15) is 4.79 Å². The minimum atomic E-state index is -2.34. The van der Waals surface area contributed by atoms with Gasteiger partial charge >= 0.3 is 0 Å². The number of halogens is 1. The van der Waals surface area contributed by atoms with E-state index >= 15 is 0 Å². The minimum absolute atomic E-state index is 0.0821. The van der Waals surface area contributed by atoms with E-state index in [1.165, 1.54) is 18.5 Å². The molecule has 0 aromatic carbocycles. The molecule has 6 heteroatoms. The molecular weight excluding hydrogens is 264 g/mol. The van der Waals surface area contributed by atoms with Crippen LogP contribution < -0.4 is 5.32 Å². The van der Waals surface area contributed by atoms with Gasteiger partial charge in [0.05, 0.1) is 22.5 Å². The van der Waals surface area contributed by atoms with Crippen molar-refractivity contribution in [3.63, 3.8) is 0 Å². The molecule has 98 valence electrons. The molecular formula is C13H13ClN4O. The molecule has 0 saturated carbocycles. The van der Waals surface area contributed by atoms with E-state index in [0.717, 1.165) is 5.69 Å². The van der Waals surface area contributed by atoms with E-state index in [1.807, 2.05) is 0 Å². The summed E-state index contributed by atoms with van der Waals surface area (Å²) < 4.78 is 21.3. The van der Waals surface area contributed by atoms with Gasteiger partial charge in [-0.15, -0.1) is 0 Å². The van der Waals surface area contributed by atoms with Gasteiger partial charge in [0, 0.05) is 29.0 Å². The van der Waals surface area contributed by atoms with Crippen LogP contribution in [0.1, 0.15) is 33.4 Å². The molecule has 0 amide bonds. The minimum Gasteiger partial charge on any atom is -0.324 e. The Hall–Kier alpha value is -2.01. The van der Waals surface area contributed by atoms with Gasteiger partial charge in [-0.1, -0.05) is 18.5 Å².